The molecule has 0 heterocycles. The van der Waals surface area contributed by atoms with Gasteiger partial charge in [-0.05, 0) is 28.9 Å². The molecule has 0 spiro atoms. The molecular formula is C18H29N. The Bertz CT molecular complexity index is 424. The van der Waals surface area contributed by atoms with E-state index in [0.29, 0.717) is 11.5 Å². The Morgan fingerprint density at radius 3 is 2.11 bits per heavy atom. The second kappa shape index (κ2) is 4.94. The zero-order valence-corrected chi connectivity index (χ0v) is 13.4. The molecule has 1 aliphatic rings. The van der Waals surface area contributed by atoms with Crippen LogP contribution >= 0.6 is 0 Å². The fraction of sp³-hybridized carbons (Fsp3) is 0.667. The van der Waals surface area contributed by atoms with Gasteiger partial charge in [-0.25, -0.2) is 0 Å². The smallest absolute Gasteiger partial charge is 0.0107 e. The first-order valence-corrected chi connectivity index (χ1v) is 7.60. The zero-order valence-electron chi connectivity index (χ0n) is 13.4. The van der Waals surface area contributed by atoms with Crippen molar-refractivity contribution in [2.45, 2.75) is 64.8 Å². The molecule has 1 nitrogen and oxygen atoms in total. The lowest BCUT2D eigenvalue weighted by Gasteiger charge is -2.23. The lowest BCUT2D eigenvalue weighted by molar-refractivity contribution is 0.499. The van der Waals surface area contributed by atoms with Crippen molar-refractivity contribution in [2.24, 2.45) is 5.92 Å². The third kappa shape index (κ3) is 3.02. The molecule has 1 fully saturated rings. The molecule has 2 unspecified atom stereocenters. The number of rotatable bonds is 4. The molecule has 1 aliphatic carbocycles. The molecule has 106 valence electrons. The zero-order chi connectivity index (χ0) is 14.3. The largest absolute Gasteiger partial charge is 0.314 e. The number of hydrogen-bond acceptors (Lipinski definition) is 1. The van der Waals surface area contributed by atoms with Gasteiger partial charge in [-0.3, -0.25) is 0 Å². The molecule has 0 aliphatic heterocycles. The number of hydrogen-bond donors (Lipinski definition) is 1. The highest BCUT2D eigenvalue weighted by atomic mass is 14.9. The number of nitrogens with one attached hydrogen (secondary N) is 1. The minimum absolute atomic E-state index is 0.247. The maximum absolute atomic E-state index is 3.62. The van der Waals surface area contributed by atoms with Crippen LogP contribution in [0.4, 0.5) is 0 Å². The van der Waals surface area contributed by atoms with Gasteiger partial charge < -0.3 is 5.32 Å². The van der Waals surface area contributed by atoms with Crippen LogP contribution in [0.3, 0.4) is 0 Å². The van der Waals surface area contributed by atoms with Crippen LogP contribution in [0.25, 0.3) is 0 Å². The average molecular weight is 259 g/mol. The van der Waals surface area contributed by atoms with Crippen molar-refractivity contribution in [3.63, 3.8) is 0 Å². The summed E-state index contributed by atoms with van der Waals surface area (Å²) in [6.45, 7) is 14.8. The summed E-state index contributed by atoms with van der Waals surface area (Å²) in [5.74, 6) is 0.805. The van der Waals surface area contributed by atoms with Crippen molar-refractivity contribution in [2.75, 3.05) is 6.54 Å². The summed E-state index contributed by atoms with van der Waals surface area (Å²) in [6.07, 6.45) is 1.32. The highest BCUT2D eigenvalue weighted by molar-refractivity contribution is 5.37. The van der Waals surface area contributed by atoms with Gasteiger partial charge in [0.25, 0.3) is 0 Å². The van der Waals surface area contributed by atoms with Crippen molar-refractivity contribution in [3.8, 4) is 0 Å². The second-order valence-corrected chi connectivity index (χ2v) is 7.62. The van der Waals surface area contributed by atoms with Crippen molar-refractivity contribution in [3.05, 3.63) is 35.4 Å². The van der Waals surface area contributed by atoms with Gasteiger partial charge in [-0.1, -0.05) is 65.8 Å². The fourth-order valence-corrected chi connectivity index (χ4v) is 2.93. The van der Waals surface area contributed by atoms with E-state index in [0.717, 1.165) is 12.5 Å². The minimum Gasteiger partial charge on any atom is -0.314 e. The van der Waals surface area contributed by atoms with Crippen LogP contribution in [0.2, 0.25) is 0 Å². The van der Waals surface area contributed by atoms with Crippen molar-refractivity contribution >= 4 is 0 Å². The summed E-state index contributed by atoms with van der Waals surface area (Å²) in [6, 6.07) is 9.91. The first-order valence-electron chi connectivity index (χ1n) is 7.60. The Morgan fingerprint density at radius 2 is 1.74 bits per heavy atom. The molecule has 2 rings (SSSR count). The molecule has 2 atom stereocenters. The van der Waals surface area contributed by atoms with E-state index >= 15 is 0 Å². The van der Waals surface area contributed by atoms with Gasteiger partial charge in [0.1, 0.15) is 0 Å². The second-order valence-electron chi connectivity index (χ2n) is 7.62. The first-order chi connectivity index (χ1) is 8.75. The van der Waals surface area contributed by atoms with Gasteiger partial charge in [0.05, 0.1) is 0 Å². The van der Waals surface area contributed by atoms with Gasteiger partial charge in [-0.15, -0.1) is 0 Å². The van der Waals surface area contributed by atoms with Gasteiger partial charge in [0.2, 0.25) is 0 Å². The van der Waals surface area contributed by atoms with E-state index in [2.05, 4.69) is 71.1 Å². The molecule has 0 aromatic heterocycles. The minimum atomic E-state index is 0.247. The average Bonchev–Trinajstić information content (AvgIpc) is 2.98. The molecule has 1 saturated carbocycles. The topological polar surface area (TPSA) is 12.0 Å². The maximum atomic E-state index is 3.62. The van der Waals surface area contributed by atoms with E-state index < -0.39 is 0 Å². The Labute approximate surface area is 118 Å². The van der Waals surface area contributed by atoms with Gasteiger partial charge >= 0.3 is 0 Å². The monoisotopic (exact) mass is 259 g/mol. The van der Waals surface area contributed by atoms with E-state index in [1.807, 2.05) is 0 Å². The Hall–Kier alpha value is -0.820. The van der Waals surface area contributed by atoms with E-state index in [-0.39, 0.29) is 5.41 Å². The normalized spacial score (nSPS) is 26.8. The van der Waals surface area contributed by atoms with E-state index in [1.54, 1.807) is 0 Å². The predicted molar refractivity (Wildman–Crippen MR) is 83.7 cm³/mol. The lowest BCUT2D eigenvalue weighted by atomic mass is 9.84. The molecular weight excluding hydrogens is 230 g/mol. The Balaban J connectivity index is 2.16. The summed E-state index contributed by atoms with van der Waals surface area (Å²) in [7, 11) is 0. The van der Waals surface area contributed by atoms with Gasteiger partial charge in [-0.2, -0.15) is 0 Å². The van der Waals surface area contributed by atoms with E-state index in [4.69, 9.17) is 0 Å². The third-order valence-corrected chi connectivity index (χ3v) is 4.61. The standard InChI is InChI=1S/C18H29N/c1-13(2)19-12-18(11-14(18)3)16-9-7-15(8-10-16)17(4,5)6/h7-10,13-14,19H,11-12H2,1-6H3. The molecule has 0 bridgehead atoms. The fourth-order valence-electron chi connectivity index (χ4n) is 2.93. The highest BCUT2D eigenvalue weighted by Gasteiger charge is 2.51. The van der Waals surface area contributed by atoms with Crippen LogP contribution in [-0.2, 0) is 10.8 Å². The molecule has 1 N–H and O–H groups in total. The van der Waals surface area contributed by atoms with Crippen LogP contribution < -0.4 is 5.32 Å². The molecule has 0 radical (unpaired) electrons. The molecule has 1 aromatic carbocycles. The van der Waals surface area contributed by atoms with Crippen LogP contribution in [0.5, 0.6) is 0 Å². The highest BCUT2D eigenvalue weighted by Crippen LogP contribution is 2.53. The van der Waals surface area contributed by atoms with Crippen molar-refractivity contribution in [1.82, 2.24) is 5.32 Å². The summed E-state index contributed by atoms with van der Waals surface area (Å²) >= 11 is 0. The van der Waals surface area contributed by atoms with Crippen LogP contribution in [0.15, 0.2) is 24.3 Å². The Kier molecular flexibility index (Phi) is 3.79. The molecule has 1 heteroatoms. The third-order valence-electron chi connectivity index (χ3n) is 4.61. The molecule has 0 amide bonds. The molecule has 1 aromatic rings. The van der Waals surface area contributed by atoms with Crippen LogP contribution in [-0.4, -0.2) is 12.6 Å². The van der Waals surface area contributed by atoms with Crippen LogP contribution in [0.1, 0.15) is 59.1 Å². The Morgan fingerprint density at radius 1 is 1.21 bits per heavy atom. The van der Waals surface area contributed by atoms with E-state index in [9.17, 15) is 0 Å². The lowest BCUT2D eigenvalue weighted by Crippen LogP contribution is -2.33. The summed E-state index contributed by atoms with van der Waals surface area (Å²) in [5, 5.41) is 3.62. The molecule has 0 saturated heterocycles. The van der Waals surface area contributed by atoms with Gasteiger partial charge in [0, 0.05) is 18.0 Å². The summed E-state index contributed by atoms with van der Waals surface area (Å²) in [5.41, 5.74) is 3.58. The van der Waals surface area contributed by atoms with Crippen molar-refractivity contribution < 1.29 is 0 Å². The van der Waals surface area contributed by atoms with Crippen molar-refractivity contribution in [1.29, 1.82) is 0 Å². The summed E-state index contributed by atoms with van der Waals surface area (Å²) in [4.78, 5) is 0. The first kappa shape index (κ1) is 14.6. The SMILES string of the molecule is CC(C)NCC1(c2ccc(C(C)(C)C)cc2)CC1C. The van der Waals surface area contributed by atoms with E-state index in [1.165, 1.54) is 17.5 Å². The maximum Gasteiger partial charge on any atom is 0.0107 e. The van der Waals surface area contributed by atoms with Gasteiger partial charge in [0.15, 0.2) is 0 Å². The predicted octanol–water partition coefficient (Wildman–Crippen LogP) is 4.26. The molecule has 19 heavy (non-hydrogen) atoms. The van der Waals surface area contributed by atoms with Crippen LogP contribution in [0, 0.1) is 5.92 Å². The summed E-state index contributed by atoms with van der Waals surface area (Å²) < 4.78 is 0. The number of benzene rings is 1. The quantitative estimate of drug-likeness (QED) is 0.852.